The van der Waals surface area contributed by atoms with E-state index in [1.165, 1.54) is 19.3 Å². The van der Waals surface area contributed by atoms with Gasteiger partial charge in [-0.25, -0.2) is 0 Å². The Morgan fingerprint density at radius 1 is 1.25 bits per heavy atom. The summed E-state index contributed by atoms with van der Waals surface area (Å²) in [6.45, 7) is 6.14. The van der Waals surface area contributed by atoms with E-state index in [1.54, 1.807) is 0 Å². The maximum atomic E-state index is 5.76. The monoisotopic (exact) mass is 227 g/mol. The molecule has 16 heavy (non-hydrogen) atoms. The van der Waals surface area contributed by atoms with E-state index in [0.717, 1.165) is 26.1 Å². The van der Waals surface area contributed by atoms with Crippen LogP contribution >= 0.6 is 0 Å². The molecule has 1 saturated heterocycles. The first-order valence-corrected chi connectivity index (χ1v) is 6.67. The van der Waals surface area contributed by atoms with Crippen LogP contribution in [-0.2, 0) is 9.47 Å². The smallest absolute Gasteiger partial charge is 0.168 e. The predicted octanol–water partition coefficient (Wildman–Crippen LogP) is 2.40. The van der Waals surface area contributed by atoms with Crippen LogP contribution in [0.1, 0.15) is 46.0 Å². The molecular formula is C13H25NO2. The van der Waals surface area contributed by atoms with Crippen LogP contribution in [0.3, 0.4) is 0 Å². The number of rotatable bonds is 3. The summed E-state index contributed by atoms with van der Waals surface area (Å²) in [5, 5.41) is 0. The second-order valence-electron chi connectivity index (χ2n) is 5.26. The zero-order valence-corrected chi connectivity index (χ0v) is 10.9. The molecular weight excluding hydrogens is 202 g/mol. The van der Waals surface area contributed by atoms with E-state index < -0.39 is 0 Å². The van der Waals surface area contributed by atoms with E-state index in [-0.39, 0.29) is 5.79 Å². The highest BCUT2D eigenvalue weighted by atomic mass is 16.7. The molecule has 0 aromatic rings. The molecule has 0 bridgehead atoms. The summed E-state index contributed by atoms with van der Waals surface area (Å²) in [7, 11) is 2.26. The molecule has 2 aliphatic rings. The molecule has 1 saturated carbocycles. The van der Waals surface area contributed by atoms with Crippen molar-refractivity contribution in [2.24, 2.45) is 0 Å². The number of hydrogen-bond donors (Lipinski definition) is 0. The molecule has 1 aliphatic heterocycles. The molecule has 1 spiro atoms. The molecule has 3 heteroatoms. The topological polar surface area (TPSA) is 21.7 Å². The van der Waals surface area contributed by atoms with Crippen molar-refractivity contribution in [1.82, 2.24) is 4.90 Å². The largest absolute Gasteiger partial charge is 0.348 e. The first-order valence-electron chi connectivity index (χ1n) is 6.67. The minimum absolute atomic E-state index is 0.202. The van der Waals surface area contributed by atoms with Crippen LogP contribution in [-0.4, -0.2) is 43.0 Å². The van der Waals surface area contributed by atoms with E-state index in [0.29, 0.717) is 12.1 Å². The van der Waals surface area contributed by atoms with Crippen LogP contribution in [0, 0.1) is 0 Å². The summed E-state index contributed by atoms with van der Waals surface area (Å²) in [6.07, 6.45) is 5.78. The van der Waals surface area contributed by atoms with E-state index in [2.05, 4.69) is 25.8 Å². The Labute approximate surface area is 99.1 Å². The zero-order chi connectivity index (χ0) is 11.6. The standard InChI is InChI=1S/C13H25NO2/c1-4-11(2)14(3)12-5-7-13(8-6-12)15-9-10-16-13/h11-12H,4-10H2,1-3H3. The molecule has 0 radical (unpaired) electrons. The van der Waals surface area contributed by atoms with Crippen molar-refractivity contribution < 1.29 is 9.47 Å². The highest BCUT2D eigenvalue weighted by Gasteiger charge is 2.41. The quantitative estimate of drug-likeness (QED) is 0.739. The van der Waals surface area contributed by atoms with Crippen LogP contribution in [0.25, 0.3) is 0 Å². The van der Waals surface area contributed by atoms with Crippen LogP contribution in [0.4, 0.5) is 0 Å². The van der Waals surface area contributed by atoms with Gasteiger partial charge in [0.2, 0.25) is 0 Å². The first kappa shape index (κ1) is 12.3. The van der Waals surface area contributed by atoms with Gasteiger partial charge in [0.1, 0.15) is 0 Å². The summed E-state index contributed by atoms with van der Waals surface area (Å²) in [5.41, 5.74) is 0. The van der Waals surface area contributed by atoms with Crippen molar-refractivity contribution >= 4 is 0 Å². The molecule has 3 nitrogen and oxygen atoms in total. The van der Waals surface area contributed by atoms with E-state index in [4.69, 9.17) is 9.47 Å². The Morgan fingerprint density at radius 3 is 2.31 bits per heavy atom. The molecule has 1 atom stereocenters. The third-order valence-electron chi connectivity index (χ3n) is 4.39. The normalized spacial score (nSPS) is 27.8. The molecule has 1 heterocycles. The Kier molecular flexibility index (Phi) is 3.88. The van der Waals surface area contributed by atoms with E-state index in [1.807, 2.05) is 0 Å². The second-order valence-corrected chi connectivity index (χ2v) is 5.26. The molecule has 1 unspecified atom stereocenters. The molecule has 0 aromatic carbocycles. The fourth-order valence-corrected chi connectivity index (χ4v) is 2.88. The number of ether oxygens (including phenoxy) is 2. The van der Waals surface area contributed by atoms with Gasteiger partial charge in [-0.3, -0.25) is 0 Å². The summed E-state index contributed by atoms with van der Waals surface area (Å²) in [4.78, 5) is 2.53. The third kappa shape index (κ3) is 2.41. The highest BCUT2D eigenvalue weighted by molar-refractivity contribution is 4.87. The van der Waals surface area contributed by atoms with Gasteiger partial charge in [0.05, 0.1) is 13.2 Å². The van der Waals surface area contributed by atoms with E-state index >= 15 is 0 Å². The van der Waals surface area contributed by atoms with Gasteiger partial charge in [-0.15, -0.1) is 0 Å². The molecule has 1 aliphatic carbocycles. The van der Waals surface area contributed by atoms with Gasteiger partial charge >= 0.3 is 0 Å². The van der Waals surface area contributed by atoms with Gasteiger partial charge in [0.15, 0.2) is 5.79 Å². The fraction of sp³-hybridized carbons (Fsp3) is 1.00. The van der Waals surface area contributed by atoms with Crippen molar-refractivity contribution in [2.75, 3.05) is 20.3 Å². The lowest BCUT2D eigenvalue weighted by atomic mass is 9.88. The van der Waals surface area contributed by atoms with Crippen molar-refractivity contribution in [2.45, 2.75) is 63.8 Å². The lowest BCUT2D eigenvalue weighted by Crippen LogP contribution is -2.45. The van der Waals surface area contributed by atoms with Crippen molar-refractivity contribution in [1.29, 1.82) is 0 Å². The molecule has 2 rings (SSSR count). The van der Waals surface area contributed by atoms with Gasteiger partial charge in [-0.2, -0.15) is 0 Å². The summed E-state index contributed by atoms with van der Waals surface area (Å²) in [5.74, 6) is -0.202. The van der Waals surface area contributed by atoms with Crippen LogP contribution < -0.4 is 0 Å². The van der Waals surface area contributed by atoms with Gasteiger partial charge in [-0.1, -0.05) is 6.92 Å². The van der Waals surface area contributed by atoms with Gasteiger partial charge in [-0.05, 0) is 33.2 Å². The number of hydrogen-bond acceptors (Lipinski definition) is 3. The molecule has 0 amide bonds. The Morgan fingerprint density at radius 2 is 1.81 bits per heavy atom. The predicted molar refractivity (Wildman–Crippen MR) is 64.4 cm³/mol. The molecule has 0 N–H and O–H groups in total. The zero-order valence-electron chi connectivity index (χ0n) is 10.9. The van der Waals surface area contributed by atoms with Gasteiger partial charge in [0.25, 0.3) is 0 Å². The first-order chi connectivity index (χ1) is 7.67. The minimum Gasteiger partial charge on any atom is -0.348 e. The highest BCUT2D eigenvalue weighted by Crippen LogP contribution is 2.37. The summed E-state index contributed by atoms with van der Waals surface area (Å²) >= 11 is 0. The van der Waals surface area contributed by atoms with E-state index in [9.17, 15) is 0 Å². The third-order valence-corrected chi connectivity index (χ3v) is 4.39. The van der Waals surface area contributed by atoms with Crippen LogP contribution in [0.5, 0.6) is 0 Å². The molecule has 0 aromatic heterocycles. The van der Waals surface area contributed by atoms with Crippen molar-refractivity contribution in [3.05, 3.63) is 0 Å². The van der Waals surface area contributed by atoms with Gasteiger partial charge in [0, 0.05) is 24.9 Å². The lowest BCUT2D eigenvalue weighted by Gasteiger charge is -2.41. The summed E-state index contributed by atoms with van der Waals surface area (Å²) in [6, 6.07) is 1.40. The lowest BCUT2D eigenvalue weighted by molar-refractivity contribution is -0.184. The van der Waals surface area contributed by atoms with Gasteiger partial charge < -0.3 is 14.4 Å². The maximum Gasteiger partial charge on any atom is 0.168 e. The Balaban J connectivity index is 1.84. The average molecular weight is 227 g/mol. The average Bonchev–Trinajstić information content (AvgIpc) is 2.77. The molecule has 94 valence electrons. The van der Waals surface area contributed by atoms with Crippen LogP contribution in [0.2, 0.25) is 0 Å². The number of nitrogens with zero attached hydrogens (tertiary/aromatic N) is 1. The second kappa shape index (κ2) is 5.03. The summed E-state index contributed by atoms with van der Waals surface area (Å²) < 4.78 is 11.5. The SMILES string of the molecule is CCC(C)N(C)C1CCC2(CC1)OCCO2. The fourth-order valence-electron chi connectivity index (χ4n) is 2.88. The maximum absolute atomic E-state index is 5.76. The molecule has 2 fully saturated rings. The van der Waals surface area contributed by atoms with Crippen LogP contribution in [0.15, 0.2) is 0 Å². The Hall–Kier alpha value is -0.120. The van der Waals surface area contributed by atoms with Crippen molar-refractivity contribution in [3.8, 4) is 0 Å². The Bertz CT molecular complexity index is 216. The van der Waals surface area contributed by atoms with Crippen molar-refractivity contribution in [3.63, 3.8) is 0 Å². The minimum atomic E-state index is -0.202.